The van der Waals surface area contributed by atoms with Crippen molar-refractivity contribution >= 4 is 52.4 Å². The van der Waals surface area contributed by atoms with Crippen LogP contribution in [0, 0.1) is 22.7 Å². The number of hydrogen-bond donors (Lipinski definition) is 3. The number of ether oxygens (including phenoxy) is 2. The highest BCUT2D eigenvalue weighted by Crippen LogP contribution is 2.39. The van der Waals surface area contributed by atoms with E-state index in [1.807, 2.05) is 48.4 Å². The zero-order valence-corrected chi connectivity index (χ0v) is 30.7. The number of nitrogens with one attached hydrogen (secondary N) is 1. The normalized spacial score (nSPS) is 11.3. The van der Waals surface area contributed by atoms with E-state index >= 15 is 0 Å². The first-order valence-corrected chi connectivity index (χ1v) is 18.6. The Labute approximate surface area is 310 Å². The van der Waals surface area contributed by atoms with E-state index in [0.29, 0.717) is 75.8 Å². The highest BCUT2D eigenvalue weighted by molar-refractivity contribution is 7.98. The van der Waals surface area contributed by atoms with E-state index in [0.717, 1.165) is 16.3 Å². The Balaban J connectivity index is 1.47. The summed E-state index contributed by atoms with van der Waals surface area (Å²) in [6.45, 7) is 5.95. The zero-order valence-electron chi connectivity index (χ0n) is 28.4. The van der Waals surface area contributed by atoms with Gasteiger partial charge in [0.25, 0.3) is 0 Å². The second-order valence-electron chi connectivity index (χ2n) is 11.0. The Morgan fingerprint density at radius 2 is 1.71 bits per heavy atom. The lowest BCUT2D eigenvalue weighted by molar-refractivity contribution is -0.144. The number of carbonyl (C=O) groups is 2. The molecule has 0 aliphatic heterocycles. The molecule has 2 heterocycles. The molecule has 0 radical (unpaired) electrons. The van der Waals surface area contributed by atoms with Crippen molar-refractivity contribution in [2.45, 2.75) is 43.5 Å². The van der Waals surface area contributed by atoms with Gasteiger partial charge in [0.15, 0.2) is 0 Å². The first kappa shape index (κ1) is 39.1. The third-order valence-corrected chi connectivity index (χ3v) is 9.83. The van der Waals surface area contributed by atoms with Gasteiger partial charge in [0.1, 0.15) is 52.5 Å². The van der Waals surface area contributed by atoms with Gasteiger partial charge in [-0.15, -0.1) is 11.3 Å². The van der Waals surface area contributed by atoms with Crippen molar-refractivity contribution in [2.24, 2.45) is 11.5 Å². The standard InChI is InChI=1S/C36H39ClN8O4S2/c1-3-45(4-2)33-28(19-39)32(29(20-40)36(44-33)51-22-26-21-50-35(43-26)24-5-9-25(37)10-6-24)23-7-11-27(12-8-23)48-17-18-49-31(46)14-13-30(41)34(47)42-16-15-38/h5-12,21,30H,3-4,13-18,22,38,41H2,1-2H3,(H,42,47). The van der Waals surface area contributed by atoms with Crippen molar-refractivity contribution in [1.29, 1.82) is 10.5 Å². The summed E-state index contributed by atoms with van der Waals surface area (Å²) >= 11 is 8.98. The molecule has 1 atom stereocenters. The summed E-state index contributed by atoms with van der Waals surface area (Å²) in [5, 5.41) is 27.4. The van der Waals surface area contributed by atoms with Gasteiger partial charge in [0.2, 0.25) is 5.91 Å². The third-order valence-electron chi connectivity index (χ3n) is 7.63. The molecule has 0 aliphatic rings. The molecule has 1 unspecified atom stereocenters. The number of carbonyl (C=O) groups excluding carboxylic acids is 2. The van der Waals surface area contributed by atoms with Crippen LogP contribution in [0.15, 0.2) is 58.9 Å². The van der Waals surface area contributed by atoms with Gasteiger partial charge in [-0.3, -0.25) is 9.59 Å². The molecule has 15 heteroatoms. The number of nitrogens with zero attached hydrogens (tertiary/aromatic N) is 5. The molecule has 0 bridgehead atoms. The Kier molecular flexibility index (Phi) is 15.0. The molecular weight excluding hydrogens is 708 g/mol. The Morgan fingerprint density at radius 1 is 1.02 bits per heavy atom. The molecule has 2 aromatic heterocycles. The van der Waals surface area contributed by atoms with Crippen LogP contribution in [0.4, 0.5) is 5.82 Å². The number of pyridine rings is 1. The van der Waals surface area contributed by atoms with E-state index in [1.165, 1.54) is 23.1 Å². The summed E-state index contributed by atoms with van der Waals surface area (Å²) in [5.74, 6) is 0.644. The maximum atomic E-state index is 12.1. The SMILES string of the molecule is CCN(CC)c1nc(SCc2csc(-c3ccc(Cl)cc3)n2)c(C#N)c(-c2ccc(OCCOC(=O)CCC(N)C(=O)NCCN)cc2)c1C#N. The Morgan fingerprint density at radius 3 is 2.35 bits per heavy atom. The molecule has 0 saturated heterocycles. The first-order valence-electron chi connectivity index (χ1n) is 16.3. The van der Waals surface area contributed by atoms with E-state index in [-0.39, 0.29) is 32.0 Å². The summed E-state index contributed by atoms with van der Waals surface area (Å²) in [4.78, 5) is 35.6. The minimum atomic E-state index is -0.827. The summed E-state index contributed by atoms with van der Waals surface area (Å²) < 4.78 is 11.0. The largest absolute Gasteiger partial charge is 0.490 e. The zero-order chi connectivity index (χ0) is 36.8. The van der Waals surface area contributed by atoms with Crippen molar-refractivity contribution in [3.8, 4) is 39.6 Å². The summed E-state index contributed by atoms with van der Waals surface area (Å²) in [6.07, 6.45) is 0.137. The van der Waals surface area contributed by atoms with E-state index < -0.39 is 12.0 Å². The van der Waals surface area contributed by atoms with Gasteiger partial charge in [-0.25, -0.2) is 9.97 Å². The molecule has 1 amide bonds. The van der Waals surface area contributed by atoms with Crippen molar-refractivity contribution in [3.63, 3.8) is 0 Å². The number of halogens is 1. The van der Waals surface area contributed by atoms with Gasteiger partial charge >= 0.3 is 5.97 Å². The quantitative estimate of drug-likeness (QED) is 0.0658. The van der Waals surface area contributed by atoms with E-state index in [9.17, 15) is 20.1 Å². The minimum absolute atomic E-state index is 0.00466. The lowest BCUT2D eigenvalue weighted by Crippen LogP contribution is -2.42. The van der Waals surface area contributed by atoms with E-state index in [2.05, 4.69) is 17.5 Å². The van der Waals surface area contributed by atoms with Gasteiger partial charge in [0, 0.05) is 59.9 Å². The average molecular weight is 747 g/mol. The lowest BCUT2D eigenvalue weighted by Gasteiger charge is -2.24. The predicted octanol–water partition coefficient (Wildman–Crippen LogP) is 5.51. The van der Waals surface area contributed by atoms with Crippen molar-refractivity contribution in [1.82, 2.24) is 15.3 Å². The van der Waals surface area contributed by atoms with Gasteiger partial charge in [0.05, 0.1) is 17.3 Å². The minimum Gasteiger partial charge on any atom is -0.490 e. The van der Waals surface area contributed by atoms with Crippen molar-refractivity contribution in [2.75, 3.05) is 44.3 Å². The number of thiazole rings is 1. The smallest absolute Gasteiger partial charge is 0.305 e. The maximum Gasteiger partial charge on any atom is 0.305 e. The molecule has 0 saturated carbocycles. The first-order chi connectivity index (χ1) is 24.7. The number of hydrogen-bond acceptors (Lipinski definition) is 13. The third kappa shape index (κ3) is 10.7. The van der Waals surface area contributed by atoms with E-state index in [4.69, 9.17) is 42.5 Å². The van der Waals surface area contributed by atoms with Crippen LogP contribution in [-0.2, 0) is 20.1 Å². The number of rotatable bonds is 18. The molecule has 266 valence electrons. The molecule has 0 aliphatic carbocycles. The van der Waals surface area contributed by atoms with Crippen LogP contribution >= 0.6 is 34.7 Å². The topological polar surface area (TPSA) is 193 Å². The number of anilines is 1. The fourth-order valence-electron chi connectivity index (χ4n) is 4.98. The molecule has 12 nitrogen and oxygen atoms in total. The highest BCUT2D eigenvalue weighted by Gasteiger charge is 2.24. The number of aromatic nitrogens is 2. The molecule has 0 fully saturated rings. The van der Waals surface area contributed by atoms with Gasteiger partial charge < -0.3 is 31.2 Å². The number of esters is 1. The fraction of sp³-hybridized carbons (Fsp3) is 0.333. The number of amides is 1. The van der Waals surface area contributed by atoms with Crippen LogP contribution in [0.25, 0.3) is 21.7 Å². The van der Waals surface area contributed by atoms with Crippen LogP contribution in [-0.4, -0.2) is 67.3 Å². The second kappa shape index (κ2) is 19.6. The number of thioether (sulfide) groups is 1. The molecular formula is C36H39ClN8O4S2. The average Bonchev–Trinajstić information content (AvgIpc) is 3.63. The summed E-state index contributed by atoms with van der Waals surface area (Å²) in [6, 6.07) is 18.3. The monoisotopic (exact) mass is 746 g/mol. The van der Waals surface area contributed by atoms with Gasteiger partial charge in [-0.05, 0) is 50.1 Å². The fourth-order valence-corrected chi connectivity index (χ4v) is 6.92. The lowest BCUT2D eigenvalue weighted by atomic mass is 9.96. The number of nitriles is 2. The number of nitrogens with two attached hydrogens (primary N) is 2. The van der Waals surface area contributed by atoms with Crippen LogP contribution in [0.5, 0.6) is 5.75 Å². The molecule has 0 spiro atoms. The van der Waals surface area contributed by atoms with E-state index in [1.54, 1.807) is 24.3 Å². The van der Waals surface area contributed by atoms with Crippen molar-refractivity contribution in [3.05, 3.63) is 75.8 Å². The van der Waals surface area contributed by atoms with Crippen LogP contribution in [0.2, 0.25) is 5.02 Å². The van der Waals surface area contributed by atoms with Gasteiger partial charge in [-0.2, -0.15) is 10.5 Å². The molecule has 5 N–H and O–H groups in total. The Hall–Kier alpha value is -4.70. The highest BCUT2D eigenvalue weighted by atomic mass is 35.5. The summed E-state index contributed by atoms with van der Waals surface area (Å²) in [7, 11) is 0. The maximum absolute atomic E-state index is 12.1. The Bertz CT molecular complexity index is 1870. The second-order valence-corrected chi connectivity index (χ2v) is 13.3. The van der Waals surface area contributed by atoms with Crippen LogP contribution < -0.4 is 26.4 Å². The van der Waals surface area contributed by atoms with Crippen LogP contribution in [0.1, 0.15) is 43.5 Å². The molecule has 51 heavy (non-hydrogen) atoms. The van der Waals surface area contributed by atoms with Crippen LogP contribution in [0.3, 0.4) is 0 Å². The summed E-state index contributed by atoms with van der Waals surface area (Å²) in [5.41, 5.74) is 14.8. The molecule has 2 aromatic carbocycles. The number of benzene rings is 2. The molecule has 4 rings (SSSR count). The predicted molar refractivity (Wildman–Crippen MR) is 201 cm³/mol. The van der Waals surface area contributed by atoms with Crippen molar-refractivity contribution < 1.29 is 19.1 Å². The molecule has 4 aromatic rings. The van der Waals surface area contributed by atoms with Gasteiger partial charge in [-0.1, -0.05) is 47.6 Å².